The Morgan fingerprint density at radius 1 is 1.36 bits per heavy atom. The minimum absolute atomic E-state index is 0.0741. The van der Waals surface area contributed by atoms with Gasteiger partial charge in [-0.05, 0) is 56.3 Å². The number of hydrogen-bond donors (Lipinski definition) is 1. The molecule has 0 amide bonds. The van der Waals surface area contributed by atoms with E-state index in [1.165, 1.54) is 19.4 Å². The van der Waals surface area contributed by atoms with E-state index in [2.05, 4.69) is 26.5 Å². The third-order valence-corrected chi connectivity index (χ3v) is 5.22. The molecule has 5 heteroatoms. The monoisotopic (exact) mass is 336 g/mol. The molecule has 1 aliphatic heterocycles. The largest absolute Gasteiger partial charge is 0.330 e. The highest BCUT2D eigenvalue weighted by Crippen LogP contribution is 2.23. The molecule has 25 heavy (non-hydrogen) atoms. The first-order valence-corrected chi connectivity index (χ1v) is 8.94. The summed E-state index contributed by atoms with van der Waals surface area (Å²) < 4.78 is 2.13. The summed E-state index contributed by atoms with van der Waals surface area (Å²) in [6.07, 6.45) is 6.25. The lowest BCUT2D eigenvalue weighted by atomic mass is 9.98. The number of piperidine rings is 1. The predicted octanol–water partition coefficient (Wildman–Crippen LogP) is 3.04. The molecule has 0 spiro atoms. The number of imidazole rings is 1. The normalized spacial score (nSPS) is 18.7. The van der Waals surface area contributed by atoms with Gasteiger partial charge >= 0.3 is 0 Å². The van der Waals surface area contributed by atoms with Crippen LogP contribution in [-0.4, -0.2) is 39.6 Å². The molecule has 0 radical (unpaired) electrons. The molecule has 1 aromatic carbocycles. The van der Waals surface area contributed by atoms with Gasteiger partial charge in [-0.25, -0.2) is 4.98 Å². The number of benzene rings is 1. The molecule has 1 fully saturated rings. The zero-order chi connectivity index (χ0) is 17.4. The number of fused-ring (bicyclic) bond motifs is 1. The van der Waals surface area contributed by atoms with E-state index in [-0.39, 0.29) is 5.56 Å². The van der Waals surface area contributed by atoms with E-state index in [1.807, 2.05) is 37.4 Å². The molecule has 3 aromatic rings. The van der Waals surface area contributed by atoms with Gasteiger partial charge in [0, 0.05) is 25.5 Å². The Hall–Kier alpha value is -2.40. The lowest BCUT2D eigenvalue weighted by Gasteiger charge is -2.30. The number of nitrogens with one attached hydrogen (secondary N) is 1. The van der Waals surface area contributed by atoms with Crippen molar-refractivity contribution in [3.05, 3.63) is 52.6 Å². The van der Waals surface area contributed by atoms with Crippen LogP contribution >= 0.6 is 0 Å². The van der Waals surface area contributed by atoms with Crippen LogP contribution in [0.3, 0.4) is 0 Å². The van der Waals surface area contributed by atoms with E-state index < -0.39 is 0 Å². The van der Waals surface area contributed by atoms with Crippen LogP contribution < -0.4 is 5.56 Å². The Kier molecular flexibility index (Phi) is 4.17. The zero-order valence-corrected chi connectivity index (χ0v) is 14.8. The van der Waals surface area contributed by atoms with Crippen molar-refractivity contribution in [3.8, 4) is 11.4 Å². The molecule has 1 N–H and O–H groups in total. The average molecular weight is 336 g/mol. The number of para-hydroxylation sites is 1. The number of hydrogen-bond acceptors (Lipinski definition) is 3. The number of aromatic nitrogens is 3. The molecule has 1 saturated heterocycles. The summed E-state index contributed by atoms with van der Waals surface area (Å²) in [5.74, 6) is 1.37. The molecular formula is C20H24N4O. The van der Waals surface area contributed by atoms with Gasteiger partial charge in [-0.3, -0.25) is 4.79 Å². The molecular weight excluding hydrogens is 312 g/mol. The van der Waals surface area contributed by atoms with Crippen LogP contribution in [0, 0.1) is 12.8 Å². The highest BCUT2D eigenvalue weighted by Gasteiger charge is 2.20. The first kappa shape index (κ1) is 16.1. The fourth-order valence-corrected chi connectivity index (χ4v) is 3.95. The first-order valence-electron chi connectivity index (χ1n) is 8.94. The Bertz CT molecular complexity index is 956. The Morgan fingerprint density at radius 3 is 3.08 bits per heavy atom. The van der Waals surface area contributed by atoms with Gasteiger partial charge in [0.1, 0.15) is 5.82 Å². The van der Waals surface area contributed by atoms with Gasteiger partial charge in [-0.1, -0.05) is 18.2 Å². The van der Waals surface area contributed by atoms with Gasteiger partial charge in [0.2, 0.25) is 0 Å². The molecule has 0 saturated carbocycles. The van der Waals surface area contributed by atoms with Crippen LogP contribution in [-0.2, 0) is 6.54 Å². The summed E-state index contributed by atoms with van der Waals surface area (Å²) in [4.78, 5) is 22.6. The maximum Gasteiger partial charge on any atom is 0.259 e. The van der Waals surface area contributed by atoms with Crippen molar-refractivity contribution in [3.63, 3.8) is 0 Å². The lowest BCUT2D eigenvalue weighted by molar-refractivity contribution is 0.195. The van der Waals surface area contributed by atoms with Crippen molar-refractivity contribution in [1.29, 1.82) is 0 Å². The number of pyridine rings is 1. The van der Waals surface area contributed by atoms with Crippen molar-refractivity contribution in [1.82, 2.24) is 19.4 Å². The second-order valence-electron chi connectivity index (χ2n) is 7.22. The fraction of sp³-hybridized carbons (Fsp3) is 0.400. The average Bonchev–Trinajstić information content (AvgIpc) is 3.03. The SMILES string of the molecule is Cc1cccc2cc(-c3nccn3CC3CCCN(C)C3)c(=O)[nH]c12. The molecule has 130 valence electrons. The molecule has 5 nitrogen and oxygen atoms in total. The van der Waals surface area contributed by atoms with E-state index in [9.17, 15) is 4.79 Å². The molecule has 1 aliphatic rings. The summed E-state index contributed by atoms with van der Waals surface area (Å²) in [6.45, 7) is 5.20. The van der Waals surface area contributed by atoms with Crippen LogP contribution in [0.25, 0.3) is 22.3 Å². The predicted molar refractivity (Wildman–Crippen MR) is 101 cm³/mol. The number of H-pyrrole nitrogens is 1. The third kappa shape index (κ3) is 3.12. The maximum absolute atomic E-state index is 12.7. The zero-order valence-electron chi connectivity index (χ0n) is 14.8. The quantitative estimate of drug-likeness (QED) is 0.800. The number of aryl methyl sites for hydroxylation is 1. The summed E-state index contributed by atoms with van der Waals surface area (Å²) in [5.41, 5.74) is 2.56. The highest BCUT2D eigenvalue weighted by atomic mass is 16.1. The van der Waals surface area contributed by atoms with Gasteiger partial charge in [-0.2, -0.15) is 0 Å². The van der Waals surface area contributed by atoms with E-state index in [0.29, 0.717) is 11.5 Å². The molecule has 0 aliphatic carbocycles. The second kappa shape index (κ2) is 6.48. The van der Waals surface area contributed by atoms with Crippen LogP contribution in [0.2, 0.25) is 0 Å². The van der Waals surface area contributed by atoms with Crippen molar-refractivity contribution >= 4 is 10.9 Å². The lowest BCUT2D eigenvalue weighted by Crippen LogP contribution is -2.34. The number of aromatic amines is 1. The fourth-order valence-electron chi connectivity index (χ4n) is 3.95. The van der Waals surface area contributed by atoms with Gasteiger partial charge in [0.15, 0.2) is 0 Å². The molecule has 1 unspecified atom stereocenters. The minimum Gasteiger partial charge on any atom is -0.330 e. The first-order chi connectivity index (χ1) is 12.1. The minimum atomic E-state index is -0.0741. The summed E-state index contributed by atoms with van der Waals surface area (Å²) in [5, 5.41) is 1.04. The highest BCUT2D eigenvalue weighted by molar-refractivity contribution is 5.84. The van der Waals surface area contributed by atoms with E-state index in [0.717, 1.165) is 35.4 Å². The van der Waals surface area contributed by atoms with Crippen LogP contribution in [0.5, 0.6) is 0 Å². The molecule has 1 atom stereocenters. The van der Waals surface area contributed by atoms with Crippen molar-refractivity contribution in [2.45, 2.75) is 26.3 Å². The second-order valence-corrected chi connectivity index (χ2v) is 7.22. The molecule has 4 rings (SSSR count). The van der Waals surface area contributed by atoms with Crippen LogP contribution in [0.4, 0.5) is 0 Å². The third-order valence-electron chi connectivity index (χ3n) is 5.22. The number of likely N-dealkylation sites (tertiary alicyclic amines) is 1. The standard InChI is InChI=1S/C20H24N4O/c1-14-5-3-7-16-11-17(20(25)22-18(14)16)19-21-8-10-24(19)13-15-6-4-9-23(2)12-15/h3,5,7-8,10-11,15H,4,6,9,12-13H2,1-2H3,(H,22,25). The van der Waals surface area contributed by atoms with Crippen molar-refractivity contribution in [2.75, 3.05) is 20.1 Å². The Balaban J connectivity index is 1.71. The smallest absolute Gasteiger partial charge is 0.259 e. The Morgan fingerprint density at radius 2 is 2.24 bits per heavy atom. The summed E-state index contributed by atoms with van der Waals surface area (Å²) in [7, 11) is 2.18. The van der Waals surface area contributed by atoms with E-state index in [1.54, 1.807) is 6.20 Å². The van der Waals surface area contributed by atoms with Gasteiger partial charge in [0.25, 0.3) is 5.56 Å². The van der Waals surface area contributed by atoms with Crippen LogP contribution in [0.15, 0.2) is 41.5 Å². The van der Waals surface area contributed by atoms with E-state index in [4.69, 9.17) is 0 Å². The molecule has 2 aromatic heterocycles. The summed E-state index contributed by atoms with van der Waals surface area (Å²) >= 11 is 0. The van der Waals surface area contributed by atoms with E-state index >= 15 is 0 Å². The maximum atomic E-state index is 12.7. The Labute approximate surface area is 147 Å². The van der Waals surface area contributed by atoms with Gasteiger partial charge < -0.3 is 14.5 Å². The molecule has 3 heterocycles. The number of rotatable bonds is 3. The van der Waals surface area contributed by atoms with Gasteiger partial charge in [-0.15, -0.1) is 0 Å². The van der Waals surface area contributed by atoms with Crippen molar-refractivity contribution in [2.24, 2.45) is 5.92 Å². The van der Waals surface area contributed by atoms with Gasteiger partial charge in [0.05, 0.1) is 11.1 Å². The number of nitrogens with zero attached hydrogens (tertiary/aromatic N) is 3. The summed E-state index contributed by atoms with van der Waals surface area (Å²) in [6, 6.07) is 8.03. The molecule has 0 bridgehead atoms. The van der Waals surface area contributed by atoms with Crippen molar-refractivity contribution < 1.29 is 0 Å². The topological polar surface area (TPSA) is 53.9 Å². The van der Waals surface area contributed by atoms with Crippen LogP contribution in [0.1, 0.15) is 18.4 Å².